The standard InChI is InChI=1S/C20H21N3O4/c1-12-6-5-7-14(19(12)21)20(26)27-11-18(25)23-13(2)10-17(24)22-15-8-3-4-9-16(15)23/h3-9,13H,10-11,21H2,1-2H3,(H,22,24)/t13-/m0/s1. The van der Waals surface area contributed by atoms with Gasteiger partial charge in [-0.2, -0.15) is 0 Å². The van der Waals surface area contributed by atoms with E-state index in [1.54, 1.807) is 56.3 Å². The van der Waals surface area contributed by atoms with E-state index in [0.29, 0.717) is 17.1 Å². The Kier molecular flexibility index (Phi) is 5.12. The fraction of sp³-hybridized carbons (Fsp3) is 0.250. The molecule has 7 heteroatoms. The maximum Gasteiger partial charge on any atom is 0.340 e. The monoisotopic (exact) mass is 367 g/mol. The summed E-state index contributed by atoms with van der Waals surface area (Å²) in [6.07, 6.45) is 0.152. The van der Waals surface area contributed by atoms with Crippen LogP contribution in [0.5, 0.6) is 0 Å². The molecule has 3 N–H and O–H groups in total. The topological polar surface area (TPSA) is 102 Å². The van der Waals surface area contributed by atoms with Gasteiger partial charge < -0.3 is 20.7 Å². The van der Waals surface area contributed by atoms with E-state index < -0.39 is 18.5 Å². The van der Waals surface area contributed by atoms with Crippen LogP contribution in [0.1, 0.15) is 29.3 Å². The van der Waals surface area contributed by atoms with E-state index in [9.17, 15) is 14.4 Å². The molecule has 0 aromatic heterocycles. The molecule has 0 fully saturated rings. The lowest BCUT2D eigenvalue weighted by atomic mass is 10.1. The lowest BCUT2D eigenvalue weighted by molar-refractivity contribution is -0.122. The van der Waals surface area contributed by atoms with Gasteiger partial charge in [-0.25, -0.2) is 4.79 Å². The van der Waals surface area contributed by atoms with Crippen LogP contribution in [0.4, 0.5) is 17.1 Å². The third-order valence-corrected chi connectivity index (χ3v) is 4.50. The number of esters is 1. The lowest BCUT2D eigenvalue weighted by Gasteiger charge is -2.27. The number of carbonyl (C=O) groups is 3. The Labute approximate surface area is 157 Å². The van der Waals surface area contributed by atoms with E-state index in [0.717, 1.165) is 5.56 Å². The first-order valence-corrected chi connectivity index (χ1v) is 8.61. The number of aryl methyl sites for hydroxylation is 1. The molecule has 0 radical (unpaired) electrons. The van der Waals surface area contributed by atoms with E-state index in [4.69, 9.17) is 10.5 Å². The van der Waals surface area contributed by atoms with E-state index in [2.05, 4.69) is 5.32 Å². The highest BCUT2D eigenvalue weighted by atomic mass is 16.5. The van der Waals surface area contributed by atoms with E-state index >= 15 is 0 Å². The van der Waals surface area contributed by atoms with Crippen molar-refractivity contribution in [3.63, 3.8) is 0 Å². The molecule has 0 saturated carbocycles. The average Bonchev–Trinajstić information content (AvgIpc) is 2.76. The minimum atomic E-state index is -0.658. The quantitative estimate of drug-likeness (QED) is 0.641. The number of nitrogen functional groups attached to an aromatic ring is 1. The maximum atomic E-state index is 12.8. The minimum absolute atomic E-state index is 0.152. The molecule has 0 spiro atoms. The van der Waals surface area contributed by atoms with Gasteiger partial charge in [-0.1, -0.05) is 24.3 Å². The lowest BCUT2D eigenvalue weighted by Crippen LogP contribution is -2.41. The first-order valence-electron chi connectivity index (χ1n) is 8.61. The Morgan fingerprint density at radius 3 is 2.74 bits per heavy atom. The Bertz CT molecular complexity index is 910. The molecule has 0 bridgehead atoms. The van der Waals surface area contributed by atoms with Crippen LogP contribution in [0.15, 0.2) is 42.5 Å². The number of hydrogen-bond acceptors (Lipinski definition) is 5. The van der Waals surface area contributed by atoms with Crippen molar-refractivity contribution >= 4 is 34.8 Å². The number of hydrogen-bond donors (Lipinski definition) is 2. The molecule has 140 valence electrons. The SMILES string of the molecule is Cc1cccc(C(=O)OCC(=O)N2c3ccccc3NC(=O)C[C@@H]2C)c1N. The van der Waals surface area contributed by atoms with Crippen LogP contribution in [-0.2, 0) is 14.3 Å². The molecular formula is C20H21N3O4. The smallest absolute Gasteiger partial charge is 0.340 e. The van der Waals surface area contributed by atoms with Crippen molar-refractivity contribution in [3.05, 3.63) is 53.6 Å². The second-order valence-corrected chi connectivity index (χ2v) is 6.49. The molecule has 2 aromatic carbocycles. The van der Waals surface area contributed by atoms with Crippen molar-refractivity contribution in [2.75, 3.05) is 22.6 Å². The number of ether oxygens (including phenoxy) is 1. The summed E-state index contributed by atoms with van der Waals surface area (Å²) in [5.41, 5.74) is 8.36. The van der Waals surface area contributed by atoms with Gasteiger partial charge in [-0.15, -0.1) is 0 Å². The summed E-state index contributed by atoms with van der Waals surface area (Å²) in [4.78, 5) is 38.6. The van der Waals surface area contributed by atoms with E-state index in [-0.39, 0.29) is 23.9 Å². The van der Waals surface area contributed by atoms with Crippen LogP contribution in [0.2, 0.25) is 0 Å². The summed E-state index contributed by atoms with van der Waals surface area (Å²) in [5, 5.41) is 2.78. The molecule has 1 atom stereocenters. The zero-order valence-electron chi connectivity index (χ0n) is 15.2. The largest absolute Gasteiger partial charge is 0.452 e. The maximum absolute atomic E-state index is 12.8. The molecule has 27 heavy (non-hydrogen) atoms. The minimum Gasteiger partial charge on any atom is -0.452 e. The second-order valence-electron chi connectivity index (χ2n) is 6.49. The van der Waals surface area contributed by atoms with Gasteiger partial charge in [0, 0.05) is 18.2 Å². The van der Waals surface area contributed by atoms with Crippen LogP contribution < -0.4 is 16.0 Å². The predicted octanol–water partition coefficient (Wildman–Crippen LogP) is 2.50. The van der Waals surface area contributed by atoms with Gasteiger partial charge >= 0.3 is 5.97 Å². The number of nitrogens with one attached hydrogen (secondary N) is 1. The Morgan fingerprint density at radius 1 is 1.22 bits per heavy atom. The summed E-state index contributed by atoms with van der Waals surface area (Å²) in [6.45, 7) is 3.12. The van der Waals surface area contributed by atoms with Crippen molar-refractivity contribution < 1.29 is 19.1 Å². The highest BCUT2D eigenvalue weighted by Crippen LogP contribution is 2.31. The highest BCUT2D eigenvalue weighted by Gasteiger charge is 2.30. The van der Waals surface area contributed by atoms with Gasteiger partial charge in [0.1, 0.15) is 0 Å². The van der Waals surface area contributed by atoms with Gasteiger partial charge in [0.05, 0.1) is 16.9 Å². The number of rotatable bonds is 3. The van der Waals surface area contributed by atoms with E-state index in [1.165, 1.54) is 4.90 Å². The second kappa shape index (κ2) is 7.49. The van der Waals surface area contributed by atoms with Crippen molar-refractivity contribution in [1.29, 1.82) is 0 Å². The van der Waals surface area contributed by atoms with Gasteiger partial charge in [-0.05, 0) is 37.6 Å². The molecule has 1 aliphatic rings. The Balaban J connectivity index is 1.78. The Hall–Kier alpha value is -3.35. The van der Waals surface area contributed by atoms with Gasteiger partial charge in [0.2, 0.25) is 5.91 Å². The van der Waals surface area contributed by atoms with Crippen LogP contribution in [0.3, 0.4) is 0 Å². The average molecular weight is 367 g/mol. The van der Waals surface area contributed by atoms with Crippen molar-refractivity contribution in [2.45, 2.75) is 26.3 Å². The molecule has 3 rings (SSSR count). The highest BCUT2D eigenvalue weighted by molar-refractivity contribution is 6.05. The van der Waals surface area contributed by atoms with Crippen molar-refractivity contribution in [2.24, 2.45) is 0 Å². The number of nitrogens with zero attached hydrogens (tertiary/aromatic N) is 1. The number of anilines is 3. The van der Waals surface area contributed by atoms with Crippen LogP contribution in [0.25, 0.3) is 0 Å². The molecule has 1 heterocycles. The summed E-state index contributed by atoms with van der Waals surface area (Å²) >= 11 is 0. The fourth-order valence-electron chi connectivity index (χ4n) is 3.10. The first kappa shape index (κ1) is 18.4. The summed E-state index contributed by atoms with van der Waals surface area (Å²) in [5.74, 6) is -1.24. The molecule has 2 aromatic rings. The first-order chi connectivity index (χ1) is 12.9. The molecule has 2 amide bonds. The van der Waals surface area contributed by atoms with Crippen molar-refractivity contribution in [3.8, 4) is 0 Å². The zero-order chi connectivity index (χ0) is 19.6. The molecule has 0 unspecified atom stereocenters. The molecular weight excluding hydrogens is 346 g/mol. The van der Waals surface area contributed by atoms with E-state index in [1.807, 2.05) is 0 Å². The normalized spacial score (nSPS) is 16.1. The number of fused-ring (bicyclic) bond motifs is 1. The molecule has 1 aliphatic heterocycles. The predicted molar refractivity (Wildman–Crippen MR) is 103 cm³/mol. The Morgan fingerprint density at radius 2 is 1.96 bits per heavy atom. The number of carbonyl (C=O) groups excluding carboxylic acids is 3. The fourth-order valence-corrected chi connectivity index (χ4v) is 3.10. The summed E-state index contributed by atoms with van der Waals surface area (Å²) in [7, 11) is 0. The van der Waals surface area contributed by atoms with Crippen LogP contribution in [0, 0.1) is 6.92 Å². The van der Waals surface area contributed by atoms with Gasteiger partial charge in [0.25, 0.3) is 5.91 Å². The number of para-hydroxylation sites is 3. The summed E-state index contributed by atoms with van der Waals surface area (Å²) < 4.78 is 5.19. The van der Waals surface area contributed by atoms with Crippen LogP contribution in [-0.4, -0.2) is 30.4 Å². The number of nitrogens with two attached hydrogens (primary N) is 1. The van der Waals surface area contributed by atoms with Crippen molar-refractivity contribution in [1.82, 2.24) is 0 Å². The molecule has 0 saturated heterocycles. The molecule has 7 nitrogen and oxygen atoms in total. The third kappa shape index (κ3) is 3.76. The van der Waals surface area contributed by atoms with Gasteiger partial charge in [0.15, 0.2) is 6.61 Å². The molecule has 0 aliphatic carbocycles. The van der Waals surface area contributed by atoms with Crippen LogP contribution >= 0.6 is 0 Å². The summed E-state index contributed by atoms with van der Waals surface area (Å²) in [6, 6.07) is 11.7. The number of benzene rings is 2. The zero-order valence-corrected chi connectivity index (χ0v) is 15.2. The number of amides is 2. The third-order valence-electron chi connectivity index (χ3n) is 4.50. The van der Waals surface area contributed by atoms with Gasteiger partial charge in [-0.3, -0.25) is 9.59 Å².